The second kappa shape index (κ2) is 8.05. The molecule has 0 unspecified atom stereocenters. The summed E-state index contributed by atoms with van der Waals surface area (Å²) < 4.78 is 15.9. The van der Waals surface area contributed by atoms with Crippen LogP contribution < -0.4 is 15.4 Å². The molecule has 0 fully saturated rings. The lowest BCUT2D eigenvalue weighted by Gasteiger charge is -2.26. The smallest absolute Gasteiger partial charge is 0.338 e. The quantitative estimate of drug-likeness (QED) is 0.432. The lowest BCUT2D eigenvalue weighted by molar-refractivity contribution is -0.384. The van der Waals surface area contributed by atoms with Crippen LogP contribution in [-0.4, -0.2) is 30.6 Å². The number of esters is 1. The fourth-order valence-electron chi connectivity index (χ4n) is 3.04. The fraction of sp³-hybridized carbons (Fsp3) is 0.263. The molecule has 152 valence electrons. The van der Waals surface area contributed by atoms with Crippen LogP contribution in [-0.2, 0) is 9.53 Å². The van der Waals surface area contributed by atoms with Crippen LogP contribution in [0.4, 0.5) is 10.5 Å². The highest BCUT2D eigenvalue weighted by Crippen LogP contribution is 2.37. The first-order valence-corrected chi connectivity index (χ1v) is 8.73. The van der Waals surface area contributed by atoms with E-state index in [1.54, 1.807) is 26.0 Å². The van der Waals surface area contributed by atoms with Crippen LogP contribution in [0.25, 0.3) is 11.3 Å². The number of nitro benzene ring substituents is 1. The molecule has 1 aromatic heterocycles. The molecule has 1 atom stereocenters. The zero-order valence-corrected chi connectivity index (χ0v) is 16.0. The Morgan fingerprint density at radius 3 is 2.72 bits per heavy atom. The molecule has 3 rings (SSSR count). The molecule has 0 spiro atoms. The van der Waals surface area contributed by atoms with E-state index in [1.807, 2.05) is 0 Å². The summed E-state index contributed by atoms with van der Waals surface area (Å²) in [6.07, 6.45) is 0. The highest BCUT2D eigenvalue weighted by molar-refractivity contribution is 5.94. The minimum atomic E-state index is -0.895. The molecule has 2 heterocycles. The van der Waals surface area contributed by atoms with Gasteiger partial charge < -0.3 is 24.5 Å². The molecule has 10 heteroatoms. The number of furan rings is 1. The highest BCUT2D eigenvalue weighted by atomic mass is 16.6. The van der Waals surface area contributed by atoms with Crippen molar-refractivity contribution in [1.29, 1.82) is 0 Å². The Morgan fingerprint density at radius 2 is 2.07 bits per heavy atom. The van der Waals surface area contributed by atoms with Crippen LogP contribution in [0.2, 0.25) is 0 Å². The number of nitrogens with one attached hydrogen (secondary N) is 2. The second-order valence-corrected chi connectivity index (χ2v) is 6.13. The molecule has 1 aliphatic rings. The maximum Gasteiger partial charge on any atom is 0.338 e. The molecule has 2 N–H and O–H groups in total. The van der Waals surface area contributed by atoms with Gasteiger partial charge in [-0.15, -0.1) is 0 Å². The predicted molar refractivity (Wildman–Crippen MR) is 101 cm³/mol. The van der Waals surface area contributed by atoms with Crippen molar-refractivity contribution >= 4 is 17.7 Å². The van der Waals surface area contributed by atoms with Crippen LogP contribution in [0.1, 0.15) is 25.6 Å². The number of carbonyl (C=O) groups excluding carboxylic acids is 2. The Hall–Kier alpha value is -3.82. The number of nitro groups is 1. The maximum absolute atomic E-state index is 12.4. The Labute approximate surface area is 165 Å². The average molecular weight is 401 g/mol. The summed E-state index contributed by atoms with van der Waals surface area (Å²) >= 11 is 0. The molecule has 1 aromatic carbocycles. The summed E-state index contributed by atoms with van der Waals surface area (Å²) in [5.74, 6) is 0.183. The lowest BCUT2D eigenvalue weighted by Crippen LogP contribution is -2.45. The number of ether oxygens (including phenoxy) is 2. The highest BCUT2D eigenvalue weighted by Gasteiger charge is 2.34. The topological polar surface area (TPSA) is 133 Å². The van der Waals surface area contributed by atoms with E-state index < -0.39 is 23.0 Å². The third-order valence-corrected chi connectivity index (χ3v) is 4.34. The van der Waals surface area contributed by atoms with Gasteiger partial charge in [0.25, 0.3) is 5.69 Å². The maximum atomic E-state index is 12.4. The first kappa shape index (κ1) is 19.9. The van der Waals surface area contributed by atoms with Crippen LogP contribution in [0.3, 0.4) is 0 Å². The zero-order valence-electron chi connectivity index (χ0n) is 16.0. The molecule has 0 bridgehead atoms. The number of methoxy groups -OCH3 is 1. The van der Waals surface area contributed by atoms with Crippen LogP contribution in [0.15, 0.2) is 46.0 Å². The van der Waals surface area contributed by atoms with Crippen molar-refractivity contribution in [1.82, 2.24) is 10.6 Å². The van der Waals surface area contributed by atoms with Crippen molar-refractivity contribution in [3.63, 3.8) is 0 Å². The fourth-order valence-corrected chi connectivity index (χ4v) is 3.04. The number of urea groups is 1. The summed E-state index contributed by atoms with van der Waals surface area (Å²) in [7, 11) is 1.41. The second-order valence-electron chi connectivity index (χ2n) is 6.13. The number of hydrogen-bond acceptors (Lipinski definition) is 7. The summed E-state index contributed by atoms with van der Waals surface area (Å²) in [6, 6.07) is 6.06. The molecule has 2 aromatic rings. The molecule has 29 heavy (non-hydrogen) atoms. The molecular formula is C19H19N3O7. The Bertz CT molecular complexity index is 1010. The molecule has 2 amide bonds. The molecule has 10 nitrogen and oxygen atoms in total. The van der Waals surface area contributed by atoms with Crippen LogP contribution in [0, 0.1) is 10.1 Å². The largest absolute Gasteiger partial charge is 0.497 e. The van der Waals surface area contributed by atoms with E-state index in [0.717, 1.165) is 0 Å². The molecule has 0 saturated carbocycles. The van der Waals surface area contributed by atoms with E-state index in [4.69, 9.17) is 13.9 Å². The van der Waals surface area contributed by atoms with Crippen molar-refractivity contribution < 1.29 is 28.4 Å². The first-order valence-electron chi connectivity index (χ1n) is 8.73. The molecule has 0 radical (unpaired) electrons. The van der Waals surface area contributed by atoms with E-state index in [-0.39, 0.29) is 35.0 Å². The number of hydrogen-bond donors (Lipinski definition) is 2. The summed E-state index contributed by atoms with van der Waals surface area (Å²) in [5, 5.41) is 16.6. The Morgan fingerprint density at radius 1 is 1.31 bits per heavy atom. The van der Waals surface area contributed by atoms with Gasteiger partial charge in [0, 0.05) is 5.70 Å². The molecular weight excluding hydrogens is 382 g/mol. The number of amides is 2. The van der Waals surface area contributed by atoms with Crippen molar-refractivity contribution in [2.75, 3.05) is 13.7 Å². The normalized spacial score (nSPS) is 16.1. The van der Waals surface area contributed by atoms with Gasteiger partial charge >= 0.3 is 12.0 Å². The minimum absolute atomic E-state index is 0.164. The van der Waals surface area contributed by atoms with E-state index in [9.17, 15) is 19.7 Å². The van der Waals surface area contributed by atoms with E-state index in [2.05, 4.69) is 10.6 Å². The van der Waals surface area contributed by atoms with E-state index in [0.29, 0.717) is 11.4 Å². The molecule has 1 aliphatic heterocycles. The predicted octanol–water partition coefficient (Wildman–Crippen LogP) is 3.05. The van der Waals surface area contributed by atoms with Crippen LogP contribution >= 0.6 is 0 Å². The number of rotatable bonds is 6. The van der Waals surface area contributed by atoms with Gasteiger partial charge in [-0.05, 0) is 38.1 Å². The SMILES string of the molecule is CCOC(=O)C1=C(C)NC(=O)N[C@H]1c1ccc(-c2ccc(OC)cc2[N+](=O)[O-])o1. The first-order chi connectivity index (χ1) is 13.8. The van der Waals surface area contributed by atoms with Crippen molar-refractivity contribution in [2.45, 2.75) is 19.9 Å². The standard InChI is InChI=1S/C19H19N3O7/c1-4-28-18(23)16-10(2)20-19(24)21-17(16)15-8-7-14(29-15)12-6-5-11(27-3)9-13(12)22(25)26/h5-9,17H,4H2,1-3H3,(H2,20,21,24)/t17-/m0/s1. The number of carbonyl (C=O) groups is 2. The van der Waals surface area contributed by atoms with Gasteiger partial charge in [0.05, 0.1) is 35.8 Å². The van der Waals surface area contributed by atoms with Gasteiger partial charge in [-0.25, -0.2) is 9.59 Å². The summed E-state index contributed by atoms with van der Waals surface area (Å²) in [6.45, 7) is 3.42. The summed E-state index contributed by atoms with van der Waals surface area (Å²) in [5.41, 5.74) is 0.569. The number of benzene rings is 1. The molecule has 0 aliphatic carbocycles. The summed E-state index contributed by atoms with van der Waals surface area (Å²) in [4.78, 5) is 35.2. The minimum Gasteiger partial charge on any atom is -0.497 e. The lowest BCUT2D eigenvalue weighted by atomic mass is 10.0. The Balaban J connectivity index is 2.03. The van der Waals surface area contributed by atoms with Gasteiger partial charge in [-0.1, -0.05) is 0 Å². The van der Waals surface area contributed by atoms with Gasteiger partial charge in [-0.2, -0.15) is 0 Å². The van der Waals surface area contributed by atoms with E-state index >= 15 is 0 Å². The number of allylic oxidation sites excluding steroid dienone is 1. The van der Waals surface area contributed by atoms with Gasteiger partial charge in [-0.3, -0.25) is 10.1 Å². The monoisotopic (exact) mass is 401 g/mol. The van der Waals surface area contributed by atoms with Crippen molar-refractivity contribution in [2.24, 2.45) is 0 Å². The zero-order chi connectivity index (χ0) is 21.1. The average Bonchev–Trinajstić information content (AvgIpc) is 3.16. The van der Waals surface area contributed by atoms with Crippen molar-refractivity contribution in [3.05, 3.63) is 57.5 Å². The van der Waals surface area contributed by atoms with Gasteiger partial charge in [0.1, 0.15) is 23.3 Å². The third-order valence-electron chi connectivity index (χ3n) is 4.34. The third kappa shape index (κ3) is 3.91. The van der Waals surface area contributed by atoms with Gasteiger partial charge in [0.2, 0.25) is 0 Å². The number of nitrogens with zero attached hydrogens (tertiary/aromatic N) is 1. The van der Waals surface area contributed by atoms with Crippen molar-refractivity contribution in [3.8, 4) is 17.1 Å². The van der Waals surface area contributed by atoms with Gasteiger partial charge in [0.15, 0.2) is 0 Å². The Kier molecular flexibility index (Phi) is 5.53. The van der Waals surface area contributed by atoms with E-state index in [1.165, 1.54) is 25.3 Å². The van der Waals surface area contributed by atoms with Crippen LogP contribution in [0.5, 0.6) is 5.75 Å². The molecule has 0 saturated heterocycles.